The van der Waals surface area contributed by atoms with Crippen LogP contribution in [0.15, 0.2) is 23.3 Å². The van der Waals surface area contributed by atoms with Crippen LogP contribution in [0.1, 0.15) is 12.6 Å². The zero-order valence-corrected chi connectivity index (χ0v) is 15.4. The molecule has 2 heterocycles. The summed E-state index contributed by atoms with van der Waals surface area (Å²) < 4.78 is 29.1. The van der Waals surface area contributed by atoms with Crippen LogP contribution in [0.3, 0.4) is 0 Å². The lowest BCUT2D eigenvalue weighted by molar-refractivity contribution is -0.870. The predicted octanol–water partition coefficient (Wildman–Crippen LogP) is -0.269. The van der Waals surface area contributed by atoms with Gasteiger partial charge in [-0.05, 0) is 6.07 Å². The molecule has 142 valence electrons. The van der Waals surface area contributed by atoms with Crippen molar-refractivity contribution >= 4 is 7.82 Å². The summed E-state index contributed by atoms with van der Waals surface area (Å²) in [6.45, 7) is 0.256. The molecule has 1 aromatic rings. The zero-order chi connectivity index (χ0) is 18.7. The maximum atomic E-state index is 11.9. The quantitative estimate of drug-likeness (QED) is 0.469. The Morgan fingerprint density at radius 1 is 1.44 bits per heavy atom. The van der Waals surface area contributed by atoms with Gasteiger partial charge in [0.15, 0.2) is 0 Å². The highest BCUT2D eigenvalue weighted by Crippen LogP contribution is 2.44. The monoisotopic (exact) mass is 378 g/mol. The van der Waals surface area contributed by atoms with Crippen molar-refractivity contribution < 1.29 is 32.8 Å². The van der Waals surface area contributed by atoms with Gasteiger partial charge in [0.25, 0.3) is 0 Å². The molecule has 0 bridgehead atoms. The van der Waals surface area contributed by atoms with Gasteiger partial charge in [-0.2, -0.15) is 0 Å². The third-order valence-corrected chi connectivity index (χ3v) is 4.66. The van der Waals surface area contributed by atoms with Gasteiger partial charge in [0.2, 0.25) is 0 Å². The predicted molar refractivity (Wildman–Crippen MR) is 87.7 cm³/mol. The summed E-state index contributed by atoms with van der Waals surface area (Å²) in [6.07, 6.45) is 0.517. The van der Waals surface area contributed by atoms with E-state index in [1.807, 2.05) is 21.1 Å². The molecule has 0 amide bonds. The van der Waals surface area contributed by atoms with E-state index in [2.05, 4.69) is 4.98 Å². The summed E-state index contributed by atoms with van der Waals surface area (Å²) in [4.78, 5) is 25.0. The molecular formula is C14H25N3O7P+. The molecule has 1 unspecified atom stereocenters. The first-order valence-electron chi connectivity index (χ1n) is 7.86. The minimum absolute atomic E-state index is 0.0546. The lowest BCUT2D eigenvalue weighted by atomic mass is 10.2. The summed E-state index contributed by atoms with van der Waals surface area (Å²) in [5.41, 5.74) is -0.502. The van der Waals surface area contributed by atoms with Crippen molar-refractivity contribution in [3.63, 3.8) is 0 Å². The molecule has 1 saturated heterocycles. The molecule has 0 saturated carbocycles. The maximum Gasteiger partial charge on any atom is 0.472 e. The lowest BCUT2D eigenvalue weighted by Crippen LogP contribution is -2.37. The number of hydrogen-bond acceptors (Lipinski definition) is 7. The van der Waals surface area contributed by atoms with Gasteiger partial charge in [-0.25, -0.2) is 14.3 Å². The van der Waals surface area contributed by atoms with Crippen LogP contribution in [-0.2, 0) is 18.3 Å². The third-order valence-electron chi connectivity index (χ3n) is 3.67. The average Bonchev–Trinajstić information content (AvgIpc) is 2.85. The van der Waals surface area contributed by atoms with Gasteiger partial charge in [-0.3, -0.25) is 13.6 Å². The largest absolute Gasteiger partial charge is 0.472 e. The van der Waals surface area contributed by atoms with E-state index in [4.69, 9.17) is 13.8 Å². The highest BCUT2D eigenvalue weighted by atomic mass is 31.2. The molecule has 1 fully saturated rings. The molecule has 25 heavy (non-hydrogen) atoms. The van der Waals surface area contributed by atoms with Crippen LogP contribution >= 0.6 is 7.82 Å². The van der Waals surface area contributed by atoms with Gasteiger partial charge >= 0.3 is 13.5 Å². The normalized spacial score (nSPS) is 26.5. The van der Waals surface area contributed by atoms with Gasteiger partial charge in [0.1, 0.15) is 25.5 Å². The van der Waals surface area contributed by atoms with Crippen molar-refractivity contribution in [3.8, 4) is 0 Å². The first-order chi connectivity index (χ1) is 11.6. The number of phosphoric acid groups is 1. The van der Waals surface area contributed by atoms with Crippen LogP contribution in [0.5, 0.6) is 0 Å². The Kier molecular flexibility index (Phi) is 6.50. The Morgan fingerprint density at radius 2 is 2.16 bits per heavy atom. The second kappa shape index (κ2) is 8.05. The minimum atomic E-state index is -4.24. The van der Waals surface area contributed by atoms with Gasteiger partial charge < -0.3 is 19.2 Å². The Labute approximate surface area is 145 Å². The van der Waals surface area contributed by atoms with Crippen LogP contribution in [0.4, 0.5) is 0 Å². The number of rotatable bonds is 8. The molecule has 11 heteroatoms. The topological polar surface area (TPSA) is 120 Å². The molecule has 1 aromatic heterocycles. The second-order valence-electron chi connectivity index (χ2n) is 6.85. The van der Waals surface area contributed by atoms with E-state index in [0.717, 1.165) is 0 Å². The Bertz CT molecular complexity index is 675. The van der Waals surface area contributed by atoms with Crippen LogP contribution < -0.4 is 5.69 Å². The fourth-order valence-corrected chi connectivity index (χ4v) is 2.98. The molecule has 0 aromatic carbocycles. The van der Waals surface area contributed by atoms with Gasteiger partial charge in [0, 0.05) is 18.8 Å². The number of aromatic nitrogens is 2. The number of quaternary nitrogens is 1. The van der Waals surface area contributed by atoms with Crippen LogP contribution in [0, 0.1) is 0 Å². The van der Waals surface area contributed by atoms with Crippen LogP contribution in [0.25, 0.3) is 0 Å². The number of hydrogen-bond donors (Lipinski definition) is 2. The SMILES string of the molecule is C[N+](C)(C)CCOP(=O)(O)OC[C@H]1O[C@@H](n2cccnc2=O)C[C@@H]1O. The number of nitrogens with zero attached hydrogens (tertiary/aromatic N) is 3. The second-order valence-corrected chi connectivity index (χ2v) is 8.31. The van der Waals surface area contributed by atoms with Crippen molar-refractivity contribution in [1.29, 1.82) is 0 Å². The molecule has 0 spiro atoms. The molecule has 4 atom stereocenters. The van der Waals surface area contributed by atoms with Gasteiger partial charge in [-0.1, -0.05) is 0 Å². The lowest BCUT2D eigenvalue weighted by Gasteiger charge is -2.24. The van der Waals surface area contributed by atoms with E-state index >= 15 is 0 Å². The summed E-state index contributed by atoms with van der Waals surface area (Å²) >= 11 is 0. The number of ether oxygens (including phenoxy) is 1. The number of likely N-dealkylation sites (N-methyl/N-ethyl adjacent to an activating group) is 1. The van der Waals surface area contributed by atoms with Gasteiger partial charge in [-0.15, -0.1) is 0 Å². The maximum absolute atomic E-state index is 11.9. The van der Waals surface area contributed by atoms with Crippen molar-refractivity contribution in [2.24, 2.45) is 0 Å². The van der Waals surface area contributed by atoms with Crippen molar-refractivity contribution in [2.45, 2.75) is 24.9 Å². The molecule has 0 aliphatic carbocycles. The fraction of sp³-hybridized carbons (Fsp3) is 0.714. The van der Waals surface area contributed by atoms with E-state index in [1.165, 1.54) is 17.0 Å². The van der Waals surface area contributed by atoms with Crippen molar-refractivity contribution in [1.82, 2.24) is 9.55 Å². The third kappa shape index (κ3) is 6.27. The summed E-state index contributed by atoms with van der Waals surface area (Å²) in [5.74, 6) is 0. The Hall–Kier alpha value is -1.13. The summed E-state index contributed by atoms with van der Waals surface area (Å²) in [6, 6.07) is 1.57. The van der Waals surface area contributed by atoms with Gasteiger partial charge in [0.05, 0.1) is 33.9 Å². The highest BCUT2D eigenvalue weighted by molar-refractivity contribution is 7.47. The molecule has 1 aliphatic rings. The summed E-state index contributed by atoms with van der Waals surface area (Å²) in [7, 11) is 1.54. The molecule has 2 N–H and O–H groups in total. The number of phosphoric ester groups is 1. The molecular weight excluding hydrogens is 353 g/mol. The smallest absolute Gasteiger partial charge is 0.390 e. The fourth-order valence-electron chi connectivity index (χ4n) is 2.26. The number of aliphatic hydroxyl groups is 1. The Morgan fingerprint density at radius 3 is 2.80 bits per heavy atom. The molecule has 1 aliphatic heterocycles. The molecule has 2 rings (SSSR count). The molecule has 0 radical (unpaired) electrons. The van der Waals surface area contributed by atoms with E-state index in [9.17, 15) is 19.4 Å². The van der Waals surface area contributed by atoms with E-state index in [1.54, 1.807) is 6.07 Å². The minimum Gasteiger partial charge on any atom is -0.390 e. The first kappa shape index (κ1) is 20.2. The Balaban J connectivity index is 1.85. The average molecular weight is 378 g/mol. The van der Waals surface area contributed by atoms with Crippen molar-refractivity contribution in [3.05, 3.63) is 28.9 Å². The first-order valence-corrected chi connectivity index (χ1v) is 9.36. The summed E-state index contributed by atoms with van der Waals surface area (Å²) in [5, 5.41) is 10.0. The van der Waals surface area contributed by atoms with Crippen LogP contribution in [-0.4, -0.2) is 77.1 Å². The van der Waals surface area contributed by atoms with Crippen LogP contribution in [0.2, 0.25) is 0 Å². The molecule has 10 nitrogen and oxygen atoms in total. The van der Waals surface area contributed by atoms with E-state index < -0.39 is 31.9 Å². The zero-order valence-electron chi connectivity index (χ0n) is 14.5. The number of aliphatic hydroxyl groups excluding tert-OH is 1. The van der Waals surface area contributed by atoms with E-state index in [0.29, 0.717) is 11.0 Å². The highest BCUT2D eigenvalue weighted by Gasteiger charge is 2.37. The standard InChI is InChI=1S/C14H24N3O7P/c1-17(2,3)7-8-22-25(20,21)23-10-12-11(18)9-13(24-12)16-6-4-5-15-14(16)19/h4-6,11-13,18H,7-10H2,1-3H3/p+1/t11-,12+,13+/m0/s1. The van der Waals surface area contributed by atoms with Crippen molar-refractivity contribution in [2.75, 3.05) is 40.9 Å². The van der Waals surface area contributed by atoms with E-state index in [-0.39, 0.29) is 19.6 Å².